The van der Waals surface area contributed by atoms with Gasteiger partial charge in [-0.25, -0.2) is 10.0 Å². The van der Waals surface area contributed by atoms with Crippen molar-refractivity contribution in [3.05, 3.63) is 23.3 Å². The Kier molecular flexibility index (Phi) is 5.84. The summed E-state index contributed by atoms with van der Waals surface area (Å²) in [4.78, 5) is 0. The number of nitrogens with zero attached hydrogens (tertiary/aromatic N) is 2. The molecule has 172 valence electrons. The smallest absolute Gasteiger partial charge is 0.0836 e. The SMILES string of the molecule is C1=C(C2(C3=CCCCC3)N(N3CCC3)CCC2(C2CCCCC2)C2CCCC2)CCC1. The lowest BCUT2D eigenvalue weighted by Crippen LogP contribution is -2.67. The maximum Gasteiger partial charge on any atom is 0.0836 e. The molecule has 0 bridgehead atoms. The molecular weight excluding hydrogens is 376 g/mol. The topological polar surface area (TPSA) is 6.48 Å². The van der Waals surface area contributed by atoms with Crippen LogP contribution in [0.1, 0.15) is 116 Å². The van der Waals surface area contributed by atoms with Crippen molar-refractivity contribution in [2.45, 2.75) is 121 Å². The van der Waals surface area contributed by atoms with Crippen molar-refractivity contribution in [1.82, 2.24) is 10.0 Å². The van der Waals surface area contributed by atoms with Crippen molar-refractivity contribution < 1.29 is 0 Å². The number of allylic oxidation sites excluding steroid dienone is 2. The van der Waals surface area contributed by atoms with Crippen LogP contribution >= 0.6 is 0 Å². The summed E-state index contributed by atoms with van der Waals surface area (Å²) >= 11 is 0. The van der Waals surface area contributed by atoms with Crippen molar-refractivity contribution in [3.63, 3.8) is 0 Å². The van der Waals surface area contributed by atoms with E-state index in [1.54, 1.807) is 0 Å². The van der Waals surface area contributed by atoms with E-state index >= 15 is 0 Å². The van der Waals surface area contributed by atoms with E-state index in [2.05, 4.69) is 22.2 Å². The minimum atomic E-state index is 0.251. The van der Waals surface area contributed by atoms with Crippen LogP contribution in [-0.2, 0) is 0 Å². The Morgan fingerprint density at radius 3 is 1.77 bits per heavy atom. The molecule has 4 fully saturated rings. The largest absolute Gasteiger partial charge is 0.241 e. The summed E-state index contributed by atoms with van der Waals surface area (Å²) in [5, 5.41) is 5.88. The molecule has 2 heteroatoms. The predicted octanol–water partition coefficient (Wildman–Crippen LogP) is 7.42. The maximum atomic E-state index is 3.05. The summed E-state index contributed by atoms with van der Waals surface area (Å²) in [7, 11) is 0. The molecule has 31 heavy (non-hydrogen) atoms. The van der Waals surface area contributed by atoms with Crippen LogP contribution in [0.15, 0.2) is 23.3 Å². The third kappa shape index (κ3) is 3.10. The van der Waals surface area contributed by atoms with Gasteiger partial charge >= 0.3 is 0 Å². The van der Waals surface area contributed by atoms with Crippen molar-refractivity contribution in [2.24, 2.45) is 17.3 Å². The molecule has 2 atom stereocenters. The summed E-state index contributed by atoms with van der Waals surface area (Å²) in [6.45, 7) is 3.96. The lowest BCUT2D eigenvalue weighted by atomic mass is 9.48. The van der Waals surface area contributed by atoms with Crippen molar-refractivity contribution in [2.75, 3.05) is 19.6 Å². The molecule has 0 N–H and O–H groups in total. The molecule has 2 heterocycles. The molecule has 2 aliphatic heterocycles. The van der Waals surface area contributed by atoms with Crippen molar-refractivity contribution >= 4 is 0 Å². The Bertz CT molecular complexity index is 706. The normalized spacial score (nSPS) is 39.0. The summed E-state index contributed by atoms with van der Waals surface area (Å²) in [5.41, 5.74) is 4.55. The summed E-state index contributed by atoms with van der Waals surface area (Å²) in [5.74, 6) is 1.92. The molecule has 0 aromatic carbocycles. The highest BCUT2D eigenvalue weighted by atomic mass is 15.7. The van der Waals surface area contributed by atoms with Crippen LogP contribution in [0.3, 0.4) is 0 Å². The van der Waals surface area contributed by atoms with E-state index in [1.165, 1.54) is 135 Å². The Morgan fingerprint density at radius 1 is 0.613 bits per heavy atom. The third-order valence-corrected chi connectivity index (χ3v) is 10.7. The van der Waals surface area contributed by atoms with E-state index in [-0.39, 0.29) is 5.54 Å². The Morgan fingerprint density at radius 2 is 1.23 bits per heavy atom. The second kappa shape index (κ2) is 8.64. The Labute approximate surface area is 191 Å². The van der Waals surface area contributed by atoms with Gasteiger partial charge in [-0.1, -0.05) is 44.3 Å². The van der Waals surface area contributed by atoms with Gasteiger partial charge < -0.3 is 0 Å². The van der Waals surface area contributed by atoms with Gasteiger partial charge in [0, 0.05) is 25.0 Å². The molecule has 2 unspecified atom stereocenters. The second-order valence-corrected chi connectivity index (χ2v) is 11.8. The number of rotatable bonds is 5. The first kappa shape index (κ1) is 21.0. The van der Waals surface area contributed by atoms with Gasteiger partial charge in [-0.05, 0) is 106 Å². The molecule has 0 aromatic rings. The predicted molar refractivity (Wildman–Crippen MR) is 130 cm³/mol. The van der Waals surface area contributed by atoms with Gasteiger partial charge in [0.15, 0.2) is 0 Å². The van der Waals surface area contributed by atoms with Gasteiger partial charge in [-0.15, -0.1) is 0 Å². The molecular formula is C29H46N2. The monoisotopic (exact) mass is 422 g/mol. The molecule has 6 aliphatic rings. The molecule has 0 amide bonds. The average molecular weight is 423 g/mol. The zero-order valence-corrected chi connectivity index (χ0v) is 20.1. The van der Waals surface area contributed by atoms with Gasteiger partial charge in [0.1, 0.15) is 0 Å². The maximum absolute atomic E-state index is 3.05. The zero-order valence-electron chi connectivity index (χ0n) is 20.1. The van der Waals surface area contributed by atoms with E-state index in [0.717, 1.165) is 11.8 Å². The fourth-order valence-electron chi connectivity index (χ4n) is 9.47. The second-order valence-electron chi connectivity index (χ2n) is 11.8. The lowest BCUT2D eigenvalue weighted by Gasteiger charge is -2.62. The van der Waals surface area contributed by atoms with Crippen LogP contribution in [0.25, 0.3) is 0 Å². The van der Waals surface area contributed by atoms with Crippen LogP contribution in [-0.4, -0.2) is 35.2 Å². The van der Waals surface area contributed by atoms with Gasteiger partial charge in [-0.3, -0.25) is 0 Å². The van der Waals surface area contributed by atoms with Crippen LogP contribution in [0.4, 0.5) is 0 Å². The zero-order chi connectivity index (χ0) is 20.7. The molecule has 0 aromatic heterocycles. The van der Waals surface area contributed by atoms with E-state index in [9.17, 15) is 0 Å². The van der Waals surface area contributed by atoms with Gasteiger partial charge in [-0.2, -0.15) is 0 Å². The first-order valence-corrected chi connectivity index (χ1v) is 14.3. The first-order valence-electron chi connectivity index (χ1n) is 14.3. The van der Waals surface area contributed by atoms with Crippen molar-refractivity contribution in [3.8, 4) is 0 Å². The number of hydrazine groups is 1. The highest BCUT2D eigenvalue weighted by Crippen LogP contribution is 2.68. The molecule has 6 rings (SSSR count). The number of hydrogen-bond donors (Lipinski definition) is 0. The van der Waals surface area contributed by atoms with E-state index in [1.807, 2.05) is 11.1 Å². The fourth-order valence-corrected chi connectivity index (χ4v) is 9.47. The van der Waals surface area contributed by atoms with Crippen LogP contribution in [0, 0.1) is 17.3 Å². The molecule has 0 radical (unpaired) electrons. The highest BCUT2D eigenvalue weighted by Gasteiger charge is 2.68. The standard InChI is InChI=1S/C29H46N2/c1-3-12-24(13-4-1)28(25-14-7-8-15-25)20-23-31(30-21-11-22-30)29(28,27-18-9-10-19-27)26-16-5-2-6-17-26/h16,18,24-25H,1-15,17,19-23H2. The first-order chi connectivity index (χ1) is 15.4. The lowest BCUT2D eigenvalue weighted by molar-refractivity contribution is -0.142. The van der Waals surface area contributed by atoms with Crippen LogP contribution in [0.5, 0.6) is 0 Å². The molecule has 4 aliphatic carbocycles. The minimum Gasteiger partial charge on any atom is -0.241 e. The van der Waals surface area contributed by atoms with Crippen molar-refractivity contribution in [1.29, 1.82) is 0 Å². The van der Waals surface area contributed by atoms with E-state index < -0.39 is 0 Å². The quantitative estimate of drug-likeness (QED) is 0.425. The van der Waals surface area contributed by atoms with E-state index in [4.69, 9.17) is 0 Å². The third-order valence-electron chi connectivity index (χ3n) is 10.7. The average Bonchev–Trinajstić information content (AvgIpc) is 3.55. The Balaban J connectivity index is 1.57. The fraction of sp³-hybridized carbons (Fsp3) is 0.862. The summed E-state index contributed by atoms with van der Waals surface area (Å²) in [6, 6.07) is 0. The summed E-state index contributed by atoms with van der Waals surface area (Å²) < 4.78 is 0. The van der Waals surface area contributed by atoms with Crippen LogP contribution in [0.2, 0.25) is 0 Å². The molecule has 0 spiro atoms. The van der Waals surface area contributed by atoms with Gasteiger partial charge in [0.2, 0.25) is 0 Å². The molecule has 2 saturated carbocycles. The molecule has 2 nitrogen and oxygen atoms in total. The van der Waals surface area contributed by atoms with Gasteiger partial charge in [0.25, 0.3) is 0 Å². The van der Waals surface area contributed by atoms with Crippen LogP contribution < -0.4 is 0 Å². The summed E-state index contributed by atoms with van der Waals surface area (Å²) in [6.07, 6.45) is 31.7. The molecule has 2 saturated heterocycles. The van der Waals surface area contributed by atoms with Gasteiger partial charge in [0.05, 0.1) is 5.54 Å². The highest BCUT2D eigenvalue weighted by molar-refractivity contribution is 5.45. The Hall–Kier alpha value is -0.600. The number of hydrogen-bond acceptors (Lipinski definition) is 2. The van der Waals surface area contributed by atoms with E-state index in [0.29, 0.717) is 5.41 Å². The minimum absolute atomic E-state index is 0.251.